The van der Waals surface area contributed by atoms with Gasteiger partial charge in [-0.25, -0.2) is 0 Å². The maximum Gasteiger partial charge on any atom is 0.229 e. The van der Waals surface area contributed by atoms with Crippen molar-refractivity contribution in [3.8, 4) is 5.75 Å². The summed E-state index contributed by atoms with van der Waals surface area (Å²) in [5, 5.41) is 6.28. The molecule has 0 spiro atoms. The van der Waals surface area contributed by atoms with E-state index in [0.29, 0.717) is 6.54 Å². The Labute approximate surface area is 108 Å². The second kappa shape index (κ2) is 5.29. The number of fused-ring (bicyclic) bond motifs is 1. The van der Waals surface area contributed by atoms with Gasteiger partial charge in [-0.05, 0) is 32.4 Å². The Balaban J connectivity index is 2.32. The number of carbonyl (C=O) groups is 1. The predicted octanol–water partition coefficient (Wildman–Crippen LogP) is 2.86. The third-order valence-corrected chi connectivity index (χ3v) is 3.04. The van der Waals surface area contributed by atoms with Crippen LogP contribution in [0.15, 0.2) is 18.2 Å². The van der Waals surface area contributed by atoms with Crippen molar-refractivity contribution in [3.63, 3.8) is 0 Å². The molecule has 1 aliphatic rings. The first-order valence-corrected chi connectivity index (χ1v) is 6.46. The van der Waals surface area contributed by atoms with E-state index in [1.54, 1.807) is 0 Å². The molecule has 98 valence electrons. The highest BCUT2D eigenvalue weighted by Gasteiger charge is 2.23. The predicted molar refractivity (Wildman–Crippen MR) is 73.1 cm³/mol. The van der Waals surface area contributed by atoms with Crippen molar-refractivity contribution in [1.82, 2.24) is 0 Å². The van der Waals surface area contributed by atoms with Crippen LogP contribution in [0.1, 0.15) is 27.2 Å². The summed E-state index contributed by atoms with van der Waals surface area (Å²) in [6.45, 7) is 6.63. The number of ether oxygens (including phenoxy) is 1. The fourth-order valence-electron chi connectivity index (χ4n) is 2.04. The van der Waals surface area contributed by atoms with Gasteiger partial charge < -0.3 is 15.4 Å². The minimum absolute atomic E-state index is 0.00398. The Morgan fingerprint density at radius 3 is 2.89 bits per heavy atom. The van der Waals surface area contributed by atoms with Gasteiger partial charge in [0, 0.05) is 6.54 Å². The molecule has 1 aromatic rings. The number of anilines is 2. The van der Waals surface area contributed by atoms with E-state index in [0.717, 1.165) is 23.5 Å². The molecule has 0 fully saturated rings. The van der Waals surface area contributed by atoms with Gasteiger partial charge in [0.05, 0.1) is 17.7 Å². The Hall–Kier alpha value is -1.71. The topological polar surface area (TPSA) is 50.4 Å². The molecule has 18 heavy (non-hydrogen) atoms. The second-order valence-electron chi connectivity index (χ2n) is 4.82. The van der Waals surface area contributed by atoms with E-state index in [2.05, 4.69) is 10.6 Å². The first kappa shape index (κ1) is 12.7. The molecule has 1 heterocycles. The molecule has 0 aliphatic carbocycles. The Morgan fingerprint density at radius 1 is 1.44 bits per heavy atom. The molecular formula is C14H20N2O2. The van der Waals surface area contributed by atoms with Crippen LogP contribution in [0.3, 0.4) is 0 Å². The first-order valence-electron chi connectivity index (χ1n) is 6.46. The van der Waals surface area contributed by atoms with Crippen LogP contribution in [0, 0.1) is 5.92 Å². The van der Waals surface area contributed by atoms with Crippen molar-refractivity contribution in [2.45, 2.75) is 33.3 Å². The molecule has 1 unspecified atom stereocenters. The molecule has 0 saturated heterocycles. The van der Waals surface area contributed by atoms with Gasteiger partial charge in [0.15, 0.2) is 0 Å². The van der Waals surface area contributed by atoms with Crippen molar-refractivity contribution in [1.29, 1.82) is 0 Å². The van der Waals surface area contributed by atoms with Crippen LogP contribution in [0.4, 0.5) is 11.4 Å². The van der Waals surface area contributed by atoms with Gasteiger partial charge in [0.2, 0.25) is 5.91 Å². The third kappa shape index (κ3) is 2.58. The molecule has 1 aliphatic heterocycles. The molecule has 0 saturated carbocycles. The fraction of sp³-hybridized carbons (Fsp3) is 0.500. The van der Waals surface area contributed by atoms with E-state index < -0.39 is 0 Å². The summed E-state index contributed by atoms with van der Waals surface area (Å²) in [6.07, 6.45) is 0.909. The van der Waals surface area contributed by atoms with Crippen LogP contribution in [-0.4, -0.2) is 18.6 Å². The highest BCUT2D eigenvalue weighted by molar-refractivity contribution is 5.99. The summed E-state index contributed by atoms with van der Waals surface area (Å²) < 4.78 is 5.73. The molecular weight excluding hydrogens is 228 g/mol. The summed E-state index contributed by atoms with van der Waals surface area (Å²) in [6, 6.07) is 5.77. The Morgan fingerprint density at radius 2 is 2.22 bits per heavy atom. The monoisotopic (exact) mass is 248 g/mol. The number of carbonyl (C=O) groups excluding carboxylic acids is 1. The molecule has 0 radical (unpaired) electrons. The Bertz CT molecular complexity index is 443. The molecule has 1 aromatic carbocycles. The van der Waals surface area contributed by atoms with Crippen LogP contribution in [0.5, 0.6) is 5.75 Å². The van der Waals surface area contributed by atoms with Crippen molar-refractivity contribution in [2.75, 3.05) is 17.2 Å². The zero-order valence-corrected chi connectivity index (χ0v) is 11.1. The number of hydrogen-bond donors (Lipinski definition) is 2. The van der Waals surface area contributed by atoms with Crippen molar-refractivity contribution in [3.05, 3.63) is 18.2 Å². The molecule has 1 atom stereocenters. The van der Waals surface area contributed by atoms with E-state index in [9.17, 15) is 4.79 Å². The molecule has 0 bridgehead atoms. The fourth-order valence-corrected chi connectivity index (χ4v) is 2.04. The number of nitrogens with one attached hydrogen (secondary N) is 2. The van der Waals surface area contributed by atoms with E-state index in [4.69, 9.17) is 4.74 Å². The summed E-state index contributed by atoms with van der Waals surface area (Å²) in [5.74, 6) is 0.785. The van der Waals surface area contributed by atoms with Crippen molar-refractivity contribution in [2.24, 2.45) is 5.92 Å². The average molecular weight is 248 g/mol. The lowest BCUT2D eigenvalue weighted by molar-refractivity contribution is -0.119. The normalized spacial score (nSPS) is 18.7. The summed E-state index contributed by atoms with van der Waals surface area (Å²) in [4.78, 5) is 12.0. The van der Waals surface area contributed by atoms with E-state index >= 15 is 0 Å². The lowest BCUT2D eigenvalue weighted by Gasteiger charge is -2.16. The van der Waals surface area contributed by atoms with E-state index in [-0.39, 0.29) is 17.9 Å². The summed E-state index contributed by atoms with van der Waals surface area (Å²) >= 11 is 0. The molecule has 4 heteroatoms. The molecule has 4 nitrogen and oxygen atoms in total. The zero-order chi connectivity index (χ0) is 13.1. The maximum atomic E-state index is 12.0. The van der Waals surface area contributed by atoms with Gasteiger partial charge in [0.1, 0.15) is 11.4 Å². The quantitative estimate of drug-likeness (QED) is 0.864. The van der Waals surface area contributed by atoms with Crippen molar-refractivity contribution < 1.29 is 9.53 Å². The highest BCUT2D eigenvalue weighted by Crippen LogP contribution is 2.35. The van der Waals surface area contributed by atoms with Crippen molar-refractivity contribution >= 4 is 17.3 Å². The van der Waals surface area contributed by atoms with Crippen LogP contribution in [-0.2, 0) is 4.79 Å². The number of hydrogen-bond acceptors (Lipinski definition) is 3. The highest BCUT2D eigenvalue weighted by atomic mass is 16.5. The minimum atomic E-state index is 0.00398. The summed E-state index contributed by atoms with van der Waals surface area (Å²) in [7, 11) is 0. The zero-order valence-electron chi connectivity index (χ0n) is 11.1. The van der Waals surface area contributed by atoms with Crippen LogP contribution in [0.25, 0.3) is 0 Å². The standard InChI is InChI=1S/C14H20N2O2/c1-4-10-8-15-11-6-5-7-12(18-9(2)3)13(11)16-14(10)17/h5-7,9-10,15H,4,8H2,1-3H3,(H,16,17). The smallest absolute Gasteiger partial charge is 0.229 e. The van der Waals surface area contributed by atoms with Crippen LogP contribution in [0.2, 0.25) is 0 Å². The molecule has 1 amide bonds. The molecule has 2 N–H and O–H groups in total. The van der Waals surface area contributed by atoms with Gasteiger partial charge in [-0.2, -0.15) is 0 Å². The van der Waals surface area contributed by atoms with Gasteiger partial charge in [-0.15, -0.1) is 0 Å². The number of rotatable bonds is 3. The first-order chi connectivity index (χ1) is 8.61. The van der Waals surface area contributed by atoms with Crippen LogP contribution < -0.4 is 15.4 Å². The number of para-hydroxylation sites is 1. The number of benzene rings is 1. The second-order valence-corrected chi connectivity index (χ2v) is 4.82. The van der Waals surface area contributed by atoms with Crippen LogP contribution >= 0.6 is 0 Å². The van der Waals surface area contributed by atoms with E-state index in [1.807, 2.05) is 39.0 Å². The lowest BCUT2D eigenvalue weighted by Crippen LogP contribution is -2.25. The SMILES string of the molecule is CCC1CNc2cccc(OC(C)C)c2NC1=O. The van der Waals surface area contributed by atoms with Gasteiger partial charge in [0.25, 0.3) is 0 Å². The third-order valence-electron chi connectivity index (χ3n) is 3.04. The minimum Gasteiger partial charge on any atom is -0.489 e. The summed E-state index contributed by atoms with van der Waals surface area (Å²) in [5.41, 5.74) is 1.68. The number of amides is 1. The van der Waals surface area contributed by atoms with Gasteiger partial charge in [-0.3, -0.25) is 4.79 Å². The average Bonchev–Trinajstić information content (AvgIpc) is 2.48. The van der Waals surface area contributed by atoms with Gasteiger partial charge in [-0.1, -0.05) is 13.0 Å². The maximum absolute atomic E-state index is 12.0. The Kier molecular flexibility index (Phi) is 3.75. The largest absolute Gasteiger partial charge is 0.489 e. The van der Waals surface area contributed by atoms with Gasteiger partial charge >= 0.3 is 0 Å². The lowest BCUT2D eigenvalue weighted by atomic mass is 10.1. The molecule has 0 aromatic heterocycles. The van der Waals surface area contributed by atoms with E-state index in [1.165, 1.54) is 0 Å². The molecule has 2 rings (SSSR count).